The van der Waals surface area contributed by atoms with Gasteiger partial charge in [0.15, 0.2) is 5.82 Å². The largest absolute Gasteiger partial charge is 0.381 e. The van der Waals surface area contributed by atoms with E-state index in [1.54, 1.807) is 18.2 Å². The molecule has 0 bridgehead atoms. The number of rotatable bonds is 3. The van der Waals surface area contributed by atoms with Crippen LogP contribution in [0.2, 0.25) is 0 Å². The molecule has 3 aromatic rings. The van der Waals surface area contributed by atoms with Gasteiger partial charge in [0.25, 0.3) is 0 Å². The highest BCUT2D eigenvalue weighted by atomic mass is 16.2. The molecule has 0 aliphatic carbocycles. The van der Waals surface area contributed by atoms with E-state index >= 15 is 0 Å². The van der Waals surface area contributed by atoms with Crippen LogP contribution in [0.3, 0.4) is 0 Å². The summed E-state index contributed by atoms with van der Waals surface area (Å²) in [6, 6.07) is 7.27. The quantitative estimate of drug-likeness (QED) is 0.705. The maximum Gasteiger partial charge on any atom is 0.351 e. The molecule has 0 unspecified atom stereocenters. The number of fused-ring (bicyclic) bond motifs is 1. The molecule has 2 heterocycles. The molecule has 3 rings (SSSR count). The number of benzene rings is 1. The Morgan fingerprint density at radius 1 is 1.21 bits per heavy atom. The molecule has 8 heteroatoms. The number of nitrogen functional groups attached to an aromatic ring is 1. The molecule has 1 amide bonds. The van der Waals surface area contributed by atoms with Crippen LogP contribution >= 0.6 is 0 Å². The first-order chi connectivity index (χ1) is 13.5. The van der Waals surface area contributed by atoms with Gasteiger partial charge in [-0.15, -0.1) is 5.10 Å². The molecule has 1 aromatic carbocycles. The number of aromatic nitrogens is 4. The zero-order valence-corrected chi connectivity index (χ0v) is 16.9. The maximum atomic E-state index is 12.9. The second-order valence-corrected chi connectivity index (χ2v) is 5.78. The third-order valence-corrected chi connectivity index (χ3v) is 4.01. The van der Waals surface area contributed by atoms with Gasteiger partial charge in [-0.2, -0.15) is 0 Å². The lowest BCUT2D eigenvalue weighted by molar-refractivity contribution is -0.114. The van der Waals surface area contributed by atoms with Crippen molar-refractivity contribution >= 4 is 35.2 Å². The summed E-state index contributed by atoms with van der Waals surface area (Å²) in [5, 5.41) is 8.37. The summed E-state index contributed by atoms with van der Waals surface area (Å²) in [7, 11) is 0. The van der Waals surface area contributed by atoms with Crippen molar-refractivity contribution in [2.45, 2.75) is 41.2 Å². The van der Waals surface area contributed by atoms with Crippen molar-refractivity contribution in [3.8, 4) is 0 Å². The van der Waals surface area contributed by atoms with Crippen LogP contribution in [0.15, 0.2) is 29.1 Å². The molecule has 148 valence electrons. The predicted molar refractivity (Wildman–Crippen MR) is 112 cm³/mol. The third-order valence-electron chi connectivity index (χ3n) is 4.01. The monoisotopic (exact) mass is 382 g/mol. The second kappa shape index (κ2) is 8.98. The Morgan fingerprint density at radius 3 is 2.50 bits per heavy atom. The average molecular weight is 382 g/mol. The van der Waals surface area contributed by atoms with Crippen LogP contribution in [-0.2, 0) is 11.3 Å². The SMILES string of the molecule is C/C=c1/nc(N)c2nn(Cc3ccccc3NC(C)=O)c(=O)n2/c1=C/C.CC. The van der Waals surface area contributed by atoms with Crippen LogP contribution in [0.5, 0.6) is 0 Å². The number of anilines is 2. The fourth-order valence-electron chi connectivity index (χ4n) is 2.87. The first-order valence-electron chi connectivity index (χ1n) is 9.19. The van der Waals surface area contributed by atoms with E-state index in [0.717, 1.165) is 5.56 Å². The molecule has 0 fully saturated rings. The van der Waals surface area contributed by atoms with Crippen molar-refractivity contribution in [2.75, 3.05) is 11.1 Å². The lowest BCUT2D eigenvalue weighted by Gasteiger charge is -2.08. The number of nitrogens with two attached hydrogens (primary N) is 1. The van der Waals surface area contributed by atoms with Gasteiger partial charge in [-0.25, -0.2) is 18.9 Å². The minimum Gasteiger partial charge on any atom is -0.381 e. The molecule has 3 N–H and O–H groups in total. The number of carbonyl (C=O) groups excluding carboxylic acids is 1. The van der Waals surface area contributed by atoms with Crippen molar-refractivity contribution in [1.82, 2.24) is 19.2 Å². The number of nitrogens with one attached hydrogen (secondary N) is 1. The molecule has 0 atom stereocenters. The Morgan fingerprint density at radius 2 is 1.89 bits per heavy atom. The van der Waals surface area contributed by atoms with E-state index in [1.165, 1.54) is 16.0 Å². The molecule has 28 heavy (non-hydrogen) atoms. The minimum atomic E-state index is -0.317. The Kier molecular flexibility index (Phi) is 6.70. The van der Waals surface area contributed by atoms with E-state index in [1.807, 2.05) is 45.9 Å². The summed E-state index contributed by atoms with van der Waals surface area (Å²) >= 11 is 0. The topological polar surface area (TPSA) is 107 Å². The average Bonchev–Trinajstić information content (AvgIpc) is 3.01. The Labute approximate surface area is 163 Å². The van der Waals surface area contributed by atoms with Gasteiger partial charge >= 0.3 is 5.69 Å². The lowest BCUT2D eigenvalue weighted by Crippen LogP contribution is -2.40. The van der Waals surface area contributed by atoms with Gasteiger partial charge in [0.1, 0.15) is 0 Å². The highest BCUT2D eigenvalue weighted by Gasteiger charge is 2.14. The van der Waals surface area contributed by atoms with Gasteiger partial charge < -0.3 is 11.1 Å². The number of carbonyl (C=O) groups is 1. The summed E-state index contributed by atoms with van der Waals surface area (Å²) in [5.41, 5.74) is 7.39. The Bertz CT molecular complexity index is 1170. The lowest BCUT2D eigenvalue weighted by atomic mass is 10.2. The molecule has 2 aromatic heterocycles. The Balaban J connectivity index is 0.00000136. The van der Waals surface area contributed by atoms with E-state index in [9.17, 15) is 9.59 Å². The van der Waals surface area contributed by atoms with Gasteiger partial charge in [0, 0.05) is 12.6 Å². The molecular formula is C20H26N6O2. The van der Waals surface area contributed by atoms with Crippen LogP contribution in [-0.4, -0.2) is 25.1 Å². The zero-order valence-electron chi connectivity index (χ0n) is 16.9. The van der Waals surface area contributed by atoms with E-state index in [0.29, 0.717) is 22.0 Å². The minimum absolute atomic E-state index is 0.181. The number of hydrogen-bond acceptors (Lipinski definition) is 5. The van der Waals surface area contributed by atoms with Crippen molar-refractivity contribution < 1.29 is 4.79 Å². The molecule has 0 aliphatic heterocycles. The third kappa shape index (κ3) is 3.95. The van der Waals surface area contributed by atoms with Crippen LogP contribution < -0.4 is 27.4 Å². The summed E-state index contributed by atoms with van der Waals surface area (Å²) in [4.78, 5) is 28.6. The van der Waals surface area contributed by atoms with E-state index in [-0.39, 0.29) is 24.0 Å². The highest BCUT2D eigenvalue weighted by Crippen LogP contribution is 2.15. The normalized spacial score (nSPS) is 12.0. The maximum absolute atomic E-state index is 12.9. The summed E-state index contributed by atoms with van der Waals surface area (Å²) < 4.78 is 2.78. The predicted octanol–water partition coefficient (Wildman–Crippen LogP) is 1.11. The van der Waals surface area contributed by atoms with Crippen LogP contribution in [0, 0.1) is 0 Å². The van der Waals surface area contributed by atoms with E-state index in [2.05, 4.69) is 15.4 Å². The number of amides is 1. The molecule has 0 saturated carbocycles. The zero-order chi connectivity index (χ0) is 20.8. The molecule has 0 spiro atoms. The fourth-order valence-corrected chi connectivity index (χ4v) is 2.87. The van der Waals surface area contributed by atoms with Crippen LogP contribution in [0.25, 0.3) is 17.8 Å². The summed E-state index contributed by atoms with van der Waals surface area (Å²) in [6.07, 6.45) is 3.59. The number of hydrogen-bond donors (Lipinski definition) is 2. The van der Waals surface area contributed by atoms with Crippen molar-refractivity contribution in [2.24, 2.45) is 0 Å². The summed E-state index contributed by atoms with van der Waals surface area (Å²) in [5.74, 6) is 0.00827. The van der Waals surface area contributed by atoms with Gasteiger partial charge in [-0.05, 0) is 25.5 Å². The van der Waals surface area contributed by atoms with Gasteiger partial charge in [-0.1, -0.05) is 44.2 Å². The van der Waals surface area contributed by atoms with Crippen LogP contribution in [0.1, 0.15) is 40.2 Å². The molecule has 8 nitrogen and oxygen atoms in total. The van der Waals surface area contributed by atoms with Gasteiger partial charge in [-0.3, -0.25) is 4.79 Å². The van der Waals surface area contributed by atoms with Gasteiger partial charge in [0.2, 0.25) is 11.6 Å². The van der Waals surface area contributed by atoms with E-state index in [4.69, 9.17) is 5.73 Å². The van der Waals surface area contributed by atoms with Crippen LogP contribution in [0.4, 0.5) is 11.5 Å². The first-order valence-corrected chi connectivity index (χ1v) is 9.19. The standard InChI is InChI=1S/C18H20N6O2.C2H6/c1-4-13-15(5-2)24-17(16(19)21-13)22-23(18(24)26)10-12-8-6-7-9-14(12)20-11(3)25;1-2/h4-9H,10H2,1-3H3,(H2,19,21)(H,20,25);1-2H3/b13-4+,15-5+;. The smallest absolute Gasteiger partial charge is 0.351 e. The highest BCUT2D eigenvalue weighted by molar-refractivity contribution is 5.89. The van der Waals surface area contributed by atoms with Crippen molar-refractivity contribution in [3.63, 3.8) is 0 Å². The van der Waals surface area contributed by atoms with Crippen molar-refractivity contribution in [3.05, 3.63) is 51.0 Å². The van der Waals surface area contributed by atoms with Crippen molar-refractivity contribution in [1.29, 1.82) is 0 Å². The number of para-hydroxylation sites is 1. The molecule has 0 radical (unpaired) electrons. The Hall–Kier alpha value is -3.42. The summed E-state index contributed by atoms with van der Waals surface area (Å²) in [6.45, 7) is 9.30. The first kappa shape index (κ1) is 20.9. The fraction of sp³-hybridized carbons (Fsp3) is 0.300. The molecule has 0 saturated heterocycles. The molecule has 0 aliphatic rings. The second-order valence-electron chi connectivity index (χ2n) is 5.78. The molecular weight excluding hydrogens is 356 g/mol. The number of nitrogens with zero attached hydrogens (tertiary/aromatic N) is 4. The van der Waals surface area contributed by atoms with E-state index < -0.39 is 0 Å². The van der Waals surface area contributed by atoms with Gasteiger partial charge in [0.05, 0.1) is 17.2 Å².